The standard InChI is InChI=1S/C9H7FN2O/c1-5-9(13)12-7-3-2-6(10)4-8(7)11-5/h2-4,11H,1H2,(H,12,13). The summed E-state index contributed by atoms with van der Waals surface area (Å²) in [6.07, 6.45) is 0. The van der Waals surface area contributed by atoms with Crippen molar-refractivity contribution in [2.24, 2.45) is 0 Å². The Morgan fingerprint density at radius 2 is 2.00 bits per heavy atom. The van der Waals surface area contributed by atoms with Crippen LogP contribution in [0.5, 0.6) is 0 Å². The van der Waals surface area contributed by atoms with Gasteiger partial charge in [0.1, 0.15) is 5.82 Å². The van der Waals surface area contributed by atoms with Crippen LogP contribution in [0.4, 0.5) is 15.8 Å². The molecule has 1 heterocycles. The first-order valence-electron chi connectivity index (χ1n) is 3.73. The first kappa shape index (κ1) is 7.79. The van der Waals surface area contributed by atoms with Gasteiger partial charge in [-0.25, -0.2) is 4.39 Å². The van der Waals surface area contributed by atoms with Crippen LogP contribution < -0.4 is 10.6 Å². The molecule has 1 aromatic carbocycles. The van der Waals surface area contributed by atoms with E-state index in [0.29, 0.717) is 11.4 Å². The molecule has 0 unspecified atom stereocenters. The smallest absolute Gasteiger partial charge is 0.271 e. The van der Waals surface area contributed by atoms with Crippen molar-refractivity contribution in [3.63, 3.8) is 0 Å². The monoisotopic (exact) mass is 178 g/mol. The first-order chi connectivity index (χ1) is 6.16. The SMILES string of the molecule is C=C1Nc2cc(F)ccc2NC1=O. The molecule has 3 nitrogen and oxygen atoms in total. The Hall–Kier alpha value is -1.84. The molecule has 0 radical (unpaired) electrons. The van der Waals surface area contributed by atoms with Gasteiger partial charge in [-0.2, -0.15) is 0 Å². The van der Waals surface area contributed by atoms with Crippen LogP contribution in [0, 0.1) is 5.82 Å². The van der Waals surface area contributed by atoms with Crippen LogP contribution in [0.15, 0.2) is 30.5 Å². The van der Waals surface area contributed by atoms with E-state index in [1.807, 2.05) is 0 Å². The minimum absolute atomic E-state index is 0.220. The molecular formula is C9H7FN2O. The lowest BCUT2D eigenvalue weighted by Crippen LogP contribution is -2.24. The van der Waals surface area contributed by atoms with Crippen LogP contribution in [0.1, 0.15) is 0 Å². The lowest BCUT2D eigenvalue weighted by atomic mass is 10.2. The number of rotatable bonds is 0. The molecule has 1 aliphatic heterocycles. The van der Waals surface area contributed by atoms with Gasteiger partial charge in [-0.3, -0.25) is 4.79 Å². The number of anilines is 2. The lowest BCUT2D eigenvalue weighted by Gasteiger charge is -2.19. The molecule has 2 rings (SSSR count). The lowest BCUT2D eigenvalue weighted by molar-refractivity contribution is -0.112. The zero-order valence-corrected chi connectivity index (χ0v) is 6.73. The molecule has 4 heteroatoms. The van der Waals surface area contributed by atoms with Gasteiger partial charge in [0, 0.05) is 0 Å². The highest BCUT2D eigenvalue weighted by molar-refractivity contribution is 6.10. The van der Waals surface area contributed by atoms with E-state index < -0.39 is 0 Å². The summed E-state index contributed by atoms with van der Waals surface area (Å²) < 4.78 is 12.7. The van der Waals surface area contributed by atoms with Gasteiger partial charge in [-0.05, 0) is 18.2 Å². The molecule has 0 aliphatic carbocycles. The summed E-state index contributed by atoms with van der Waals surface area (Å²) in [5.74, 6) is -0.644. The van der Waals surface area contributed by atoms with Crippen LogP contribution in [0.25, 0.3) is 0 Å². The molecule has 0 aromatic heterocycles. The predicted octanol–water partition coefficient (Wildman–Crippen LogP) is 1.70. The Morgan fingerprint density at radius 1 is 1.23 bits per heavy atom. The van der Waals surface area contributed by atoms with Crippen molar-refractivity contribution in [3.05, 3.63) is 36.3 Å². The molecule has 1 aromatic rings. The molecule has 1 aliphatic rings. The van der Waals surface area contributed by atoms with Crippen molar-refractivity contribution >= 4 is 17.3 Å². The van der Waals surface area contributed by atoms with Gasteiger partial charge in [-0.1, -0.05) is 6.58 Å². The Kier molecular flexibility index (Phi) is 1.55. The highest BCUT2D eigenvalue weighted by Gasteiger charge is 2.17. The number of hydrogen-bond acceptors (Lipinski definition) is 2. The summed E-state index contributed by atoms with van der Waals surface area (Å²) >= 11 is 0. The van der Waals surface area contributed by atoms with E-state index >= 15 is 0 Å². The zero-order valence-electron chi connectivity index (χ0n) is 6.73. The van der Waals surface area contributed by atoms with Gasteiger partial charge in [0.25, 0.3) is 5.91 Å². The number of halogens is 1. The van der Waals surface area contributed by atoms with E-state index in [1.165, 1.54) is 18.2 Å². The molecule has 0 fully saturated rings. The first-order valence-corrected chi connectivity index (χ1v) is 3.73. The number of amides is 1. The summed E-state index contributed by atoms with van der Waals surface area (Å²) in [4.78, 5) is 11.1. The van der Waals surface area contributed by atoms with Gasteiger partial charge in [0.15, 0.2) is 0 Å². The van der Waals surface area contributed by atoms with E-state index in [0.717, 1.165) is 0 Å². The third-order valence-electron chi connectivity index (χ3n) is 1.79. The maximum Gasteiger partial charge on any atom is 0.271 e. The van der Waals surface area contributed by atoms with Crippen molar-refractivity contribution < 1.29 is 9.18 Å². The second-order valence-electron chi connectivity index (χ2n) is 2.75. The van der Waals surface area contributed by atoms with Crippen LogP contribution in [0.3, 0.4) is 0 Å². The highest BCUT2D eigenvalue weighted by Crippen LogP contribution is 2.27. The zero-order chi connectivity index (χ0) is 9.42. The fraction of sp³-hybridized carbons (Fsp3) is 0. The summed E-state index contributed by atoms with van der Waals surface area (Å²) in [5.41, 5.74) is 1.32. The molecule has 0 saturated carbocycles. The summed E-state index contributed by atoms with van der Waals surface area (Å²) in [6.45, 7) is 3.48. The highest BCUT2D eigenvalue weighted by atomic mass is 19.1. The Bertz CT molecular complexity index is 401. The topological polar surface area (TPSA) is 41.1 Å². The molecule has 2 N–H and O–H groups in total. The maximum atomic E-state index is 12.7. The minimum atomic E-state index is -0.352. The largest absolute Gasteiger partial charge is 0.350 e. The normalized spacial score (nSPS) is 14.5. The molecule has 0 atom stereocenters. The molecule has 66 valence electrons. The number of fused-ring (bicyclic) bond motifs is 1. The van der Waals surface area contributed by atoms with Gasteiger partial charge in [0.2, 0.25) is 0 Å². The van der Waals surface area contributed by atoms with Crippen molar-refractivity contribution in [3.8, 4) is 0 Å². The third-order valence-corrected chi connectivity index (χ3v) is 1.79. The van der Waals surface area contributed by atoms with Gasteiger partial charge in [0.05, 0.1) is 17.1 Å². The molecule has 13 heavy (non-hydrogen) atoms. The number of carbonyl (C=O) groups is 1. The minimum Gasteiger partial charge on any atom is -0.350 e. The van der Waals surface area contributed by atoms with Crippen molar-refractivity contribution in [1.82, 2.24) is 0 Å². The number of nitrogens with one attached hydrogen (secondary N) is 2. The Balaban J connectivity index is 2.48. The second-order valence-corrected chi connectivity index (χ2v) is 2.75. The molecule has 0 spiro atoms. The molecule has 0 saturated heterocycles. The fourth-order valence-corrected chi connectivity index (χ4v) is 1.15. The third kappa shape index (κ3) is 1.26. The Morgan fingerprint density at radius 3 is 2.77 bits per heavy atom. The summed E-state index contributed by atoms with van der Waals surface area (Å²) in [6, 6.07) is 4.09. The van der Waals surface area contributed by atoms with Crippen molar-refractivity contribution in [2.45, 2.75) is 0 Å². The molecule has 0 bridgehead atoms. The van der Waals surface area contributed by atoms with E-state index in [4.69, 9.17) is 0 Å². The van der Waals surface area contributed by atoms with Crippen molar-refractivity contribution in [1.29, 1.82) is 0 Å². The fourth-order valence-electron chi connectivity index (χ4n) is 1.15. The van der Waals surface area contributed by atoms with E-state index in [9.17, 15) is 9.18 Å². The predicted molar refractivity (Wildman–Crippen MR) is 47.8 cm³/mol. The van der Waals surface area contributed by atoms with Gasteiger partial charge < -0.3 is 10.6 Å². The van der Waals surface area contributed by atoms with Crippen LogP contribution in [-0.2, 0) is 4.79 Å². The van der Waals surface area contributed by atoms with Gasteiger partial charge >= 0.3 is 0 Å². The maximum absolute atomic E-state index is 12.7. The number of carbonyl (C=O) groups excluding carboxylic acids is 1. The van der Waals surface area contributed by atoms with E-state index in [-0.39, 0.29) is 17.4 Å². The molecule has 1 amide bonds. The number of benzene rings is 1. The Labute approximate surface area is 74.3 Å². The quantitative estimate of drug-likeness (QED) is 0.594. The van der Waals surface area contributed by atoms with Crippen LogP contribution in [0.2, 0.25) is 0 Å². The van der Waals surface area contributed by atoms with Crippen LogP contribution >= 0.6 is 0 Å². The van der Waals surface area contributed by atoms with Crippen molar-refractivity contribution in [2.75, 3.05) is 10.6 Å². The average molecular weight is 178 g/mol. The summed E-state index contributed by atoms with van der Waals surface area (Å²) in [5, 5.41) is 5.27. The van der Waals surface area contributed by atoms with Crippen LogP contribution in [-0.4, -0.2) is 5.91 Å². The summed E-state index contributed by atoms with van der Waals surface area (Å²) in [7, 11) is 0. The van der Waals surface area contributed by atoms with E-state index in [2.05, 4.69) is 17.2 Å². The van der Waals surface area contributed by atoms with E-state index in [1.54, 1.807) is 0 Å². The average Bonchev–Trinajstić information content (AvgIpc) is 2.08. The molecular weight excluding hydrogens is 171 g/mol. The number of hydrogen-bond donors (Lipinski definition) is 2. The second kappa shape index (κ2) is 2.58. The van der Waals surface area contributed by atoms with Gasteiger partial charge in [-0.15, -0.1) is 0 Å².